The summed E-state index contributed by atoms with van der Waals surface area (Å²) in [4.78, 5) is 4.34. The van der Waals surface area contributed by atoms with Gasteiger partial charge in [-0.05, 0) is 33.3 Å². The van der Waals surface area contributed by atoms with Gasteiger partial charge < -0.3 is 4.74 Å². The lowest BCUT2D eigenvalue weighted by atomic mass is 10.1. The quantitative estimate of drug-likeness (QED) is 0.565. The molecule has 0 spiro atoms. The summed E-state index contributed by atoms with van der Waals surface area (Å²) < 4.78 is 5.30. The first-order chi connectivity index (χ1) is 5.22. The maximum atomic E-state index is 5.30. The summed E-state index contributed by atoms with van der Waals surface area (Å²) in [5.41, 5.74) is 1.36. The molecule has 0 amide bonds. The Morgan fingerprint density at radius 2 is 2.45 bits per heavy atom. The van der Waals surface area contributed by atoms with Crippen molar-refractivity contribution in [2.75, 3.05) is 6.61 Å². The molecule has 0 fully saturated rings. The molecule has 0 saturated heterocycles. The molecule has 0 aromatic heterocycles. The fourth-order valence-corrected chi connectivity index (χ4v) is 1.26. The molecule has 1 heterocycles. The van der Waals surface area contributed by atoms with Crippen molar-refractivity contribution in [3.05, 3.63) is 11.6 Å². The van der Waals surface area contributed by atoms with E-state index in [1.54, 1.807) is 0 Å². The average Bonchev–Trinajstić information content (AvgIpc) is 1.85. The highest BCUT2D eigenvalue weighted by molar-refractivity contribution is 5.89. The van der Waals surface area contributed by atoms with Gasteiger partial charge in [0, 0.05) is 0 Å². The molecule has 0 aromatic rings. The zero-order valence-corrected chi connectivity index (χ0v) is 7.42. The highest BCUT2D eigenvalue weighted by Gasteiger charge is 2.09. The van der Waals surface area contributed by atoms with Crippen LogP contribution in [0.4, 0.5) is 0 Å². The van der Waals surface area contributed by atoms with E-state index in [9.17, 15) is 0 Å². The van der Waals surface area contributed by atoms with Gasteiger partial charge in [-0.1, -0.05) is 5.57 Å². The molecule has 11 heavy (non-hydrogen) atoms. The van der Waals surface area contributed by atoms with Gasteiger partial charge in [0.2, 0.25) is 5.90 Å². The fraction of sp³-hybridized carbons (Fsp3) is 0.667. The maximum absolute atomic E-state index is 5.30. The fourth-order valence-electron chi connectivity index (χ4n) is 1.26. The Morgan fingerprint density at radius 3 is 3.00 bits per heavy atom. The molecular formula is C9H15NO. The van der Waals surface area contributed by atoms with E-state index in [4.69, 9.17) is 4.74 Å². The van der Waals surface area contributed by atoms with Crippen molar-refractivity contribution in [3.8, 4) is 0 Å². The Morgan fingerprint density at radius 1 is 1.73 bits per heavy atom. The molecule has 0 radical (unpaired) electrons. The molecule has 0 bridgehead atoms. The lowest BCUT2D eigenvalue weighted by Crippen LogP contribution is -2.13. The lowest BCUT2D eigenvalue weighted by Gasteiger charge is -2.15. The molecule has 0 N–H and O–H groups in total. The molecule has 0 saturated carbocycles. The second-order valence-electron chi connectivity index (χ2n) is 2.94. The van der Waals surface area contributed by atoms with Crippen LogP contribution >= 0.6 is 0 Å². The van der Waals surface area contributed by atoms with Gasteiger partial charge in [-0.25, -0.2) is 4.99 Å². The third-order valence-electron chi connectivity index (χ3n) is 1.63. The molecule has 2 heteroatoms. The van der Waals surface area contributed by atoms with E-state index in [0.717, 1.165) is 12.3 Å². The van der Waals surface area contributed by atoms with E-state index >= 15 is 0 Å². The first-order valence-corrected chi connectivity index (χ1v) is 4.10. The summed E-state index contributed by atoms with van der Waals surface area (Å²) in [6.45, 7) is 6.90. The number of ether oxygens (including phenoxy) is 1. The van der Waals surface area contributed by atoms with Crippen LogP contribution in [0, 0.1) is 0 Å². The summed E-state index contributed by atoms with van der Waals surface area (Å²) in [6, 6.07) is 0.390. The van der Waals surface area contributed by atoms with Crippen LogP contribution in [0.15, 0.2) is 16.6 Å². The summed E-state index contributed by atoms with van der Waals surface area (Å²) in [5, 5.41) is 0. The van der Waals surface area contributed by atoms with Crippen molar-refractivity contribution in [1.82, 2.24) is 0 Å². The Labute approximate surface area is 68.0 Å². The van der Waals surface area contributed by atoms with Gasteiger partial charge in [0.25, 0.3) is 0 Å². The highest BCUT2D eigenvalue weighted by Crippen LogP contribution is 2.13. The SMILES string of the molecule is CCOC1=N[C@H](C)CC(C)=C1. The average molecular weight is 153 g/mol. The van der Waals surface area contributed by atoms with Crippen LogP contribution in [-0.2, 0) is 4.74 Å². The standard InChI is InChI=1S/C9H15NO/c1-4-11-9-6-7(2)5-8(3)10-9/h6,8H,4-5H2,1-3H3/t8-/m1/s1. The van der Waals surface area contributed by atoms with Gasteiger partial charge in [-0.15, -0.1) is 0 Å². The monoisotopic (exact) mass is 153 g/mol. The van der Waals surface area contributed by atoms with E-state index in [1.165, 1.54) is 5.57 Å². The highest BCUT2D eigenvalue weighted by atomic mass is 16.5. The zero-order valence-electron chi connectivity index (χ0n) is 7.42. The Kier molecular flexibility index (Phi) is 2.69. The summed E-state index contributed by atoms with van der Waals surface area (Å²) in [7, 11) is 0. The normalized spacial score (nSPS) is 24.1. The molecule has 1 atom stereocenters. The van der Waals surface area contributed by atoms with Gasteiger partial charge in [-0.2, -0.15) is 0 Å². The van der Waals surface area contributed by atoms with E-state index in [1.807, 2.05) is 13.0 Å². The molecule has 1 aliphatic heterocycles. The molecule has 1 aliphatic rings. The Bertz CT molecular complexity index is 194. The van der Waals surface area contributed by atoms with Crippen LogP contribution in [0.5, 0.6) is 0 Å². The Hall–Kier alpha value is -0.790. The predicted octanol–water partition coefficient (Wildman–Crippen LogP) is 2.16. The second kappa shape index (κ2) is 3.56. The molecule has 0 aromatic carbocycles. The van der Waals surface area contributed by atoms with Gasteiger partial charge in [0.15, 0.2) is 0 Å². The maximum Gasteiger partial charge on any atom is 0.208 e. The lowest BCUT2D eigenvalue weighted by molar-refractivity contribution is 0.325. The number of hydrogen-bond acceptors (Lipinski definition) is 2. The number of nitrogens with zero attached hydrogens (tertiary/aromatic N) is 1. The van der Waals surface area contributed by atoms with Crippen LogP contribution in [0.1, 0.15) is 27.2 Å². The third-order valence-corrected chi connectivity index (χ3v) is 1.63. The smallest absolute Gasteiger partial charge is 0.208 e. The molecule has 62 valence electrons. The van der Waals surface area contributed by atoms with Crippen molar-refractivity contribution in [2.24, 2.45) is 4.99 Å². The topological polar surface area (TPSA) is 21.6 Å². The largest absolute Gasteiger partial charge is 0.478 e. The number of dihydropyridines is 1. The van der Waals surface area contributed by atoms with Crippen molar-refractivity contribution in [2.45, 2.75) is 33.2 Å². The minimum Gasteiger partial charge on any atom is -0.478 e. The van der Waals surface area contributed by atoms with Crippen LogP contribution in [0.2, 0.25) is 0 Å². The van der Waals surface area contributed by atoms with Gasteiger partial charge in [-0.3, -0.25) is 0 Å². The second-order valence-corrected chi connectivity index (χ2v) is 2.94. The van der Waals surface area contributed by atoms with E-state index in [2.05, 4.69) is 18.8 Å². The predicted molar refractivity (Wildman–Crippen MR) is 46.9 cm³/mol. The summed E-state index contributed by atoms with van der Waals surface area (Å²) in [5.74, 6) is 0.795. The van der Waals surface area contributed by atoms with Crippen molar-refractivity contribution in [1.29, 1.82) is 0 Å². The molecule has 0 unspecified atom stereocenters. The minimum absolute atomic E-state index is 0.390. The first-order valence-electron chi connectivity index (χ1n) is 4.10. The van der Waals surface area contributed by atoms with Crippen molar-refractivity contribution in [3.63, 3.8) is 0 Å². The first kappa shape index (κ1) is 8.31. The number of aliphatic imine (C=N–C) groups is 1. The van der Waals surface area contributed by atoms with Crippen molar-refractivity contribution < 1.29 is 4.74 Å². The van der Waals surface area contributed by atoms with Crippen LogP contribution in [0.25, 0.3) is 0 Å². The summed E-state index contributed by atoms with van der Waals surface area (Å²) in [6.07, 6.45) is 3.08. The number of rotatable bonds is 1. The molecule has 2 nitrogen and oxygen atoms in total. The van der Waals surface area contributed by atoms with Gasteiger partial charge in [0.05, 0.1) is 12.6 Å². The summed E-state index contributed by atoms with van der Waals surface area (Å²) >= 11 is 0. The zero-order chi connectivity index (χ0) is 8.27. The molecule has 0 aliphatic carbocycles. The molecular weight excluding hydrogens is 138 g/mol. The van der Waals surface area contributed by atoms with E-state index < -0.39 is 0 Å². The van der Waals surface area contributed by atoms with Gasteiger partial charge in [0.1, 0.15) is 0 Å². The van der Waals surface area contributed by atoms with Crippen LogP contribution < -0.4 is 0 Å². The number of hydrogen-bond donors (Lipinski definition) is 0. The van der Waals surface area contributed by atoms with Crippen LogP contribution in [-0.4, -0.2) is 18.5 Å². The van der Waals surface area contributed by atoms with Crippen LogP contribution in [0.3, 0.4) is 0 Å². The van der Waals surface area contributed by atoms with E-state index in [-0.39, 0.29) is 0 Å². The van der Waals surface area contributed by atoms with Gasteiger partial charge >= 0.3 is 0 Å². The molecule has 1 rings (SSSR count). The Balaban J connectivity index is 2.62. The third kappa shape index (κ3) is 2.37. The van der Waals surface area contributed by atoms with Crippen molar-refractivity contribution >= 4 is 5.90 Å². The van der Waals surface area contributed by atoms with E-state index in [0.29, 0.717) is 12.6 Å². The minimum atomic E-state index is 0.390.